The van der Waals surface area contributed by atoms with Gasteiger partial charge in [-0.1, -0.05) is 0 Å². The van der Waals surface area contributed by atoms with E-state index in [2.05, 4.69) is 19.9 Å². The number of nitrogens with one attached hydrogen (secondary N) is 1. The summed E-state index contributed by atoms with van der Waals surface area (Å²) in [5.41, 5.74) is -1.97. The number of halogens is 6. The highest BCUT2D eigenvalue weighted by Gasteiger charge is 2.35. The van der Waals surface area contributed by atoms with Crippen LogP contribution in [0.5, 0.6) is 11.6 Å². The molecular weight excluding hydrogens is 533 g/mol. The smallest absolute Gasteiger partial charge is 0.418 e. The molecule has 5 rings (SSSR count). The monoisotopic (exact) mass is 549 g/mol. The minimum absolute atomic E-state index is 0. The van der Waals surface area contributed by atoms with Crippen LogP contribution >= 0.6 is 12.4 Å². The number of hydrogen-bond donors (Lipinski definition) is 1. The van der Waals surface area contributed by atoms with E-state index in [1.54, 1.807) is 6.20 Å². The van der Waals surface area contributed by atoms with Crippen LogP contribution < -0.4 is 10.2 Å². The largest absolute Gasteiger partial charge is 0.438 e. The van der Waals surface area contributed by atoms with Crippen molar-refractivity contribution in [3.8, 4) is 28.7 Å². The molecule has 5 aromatic rings. The van der Waals surface area contributed by atoms with Gasteiger partial charge in [-0.05, 0) is 37.6 Å². The first-order valence-electron chi connectivity index (χ1n) is 10.8. The fourth-order valence-electron chi connectivity index (χ4n) is 4.01. The summed E-state index contributed by atoms with van der Waals surface area (Å²) < 4.78 is 76.2. The van der Waals surface area contributed by atoms with Crippen LogP contribution in [0.3, 0.4) is 0 Å². The Kier molecular flexibility index (Phi) is 6.94. The van der Waals surface area contributed by atoms with E-state index in [0.29, 0.717) is 6.20 Å². The van der Waals surface area contributed by atoms with Gasteiger partial charge in [-0.15, -0.1) is 12.4 Å². The van der Waals surface area contributed by atoms with Gasteiger partial charge in [-0.25, -0.2) is 23.7 Å². The molecule has 0 bridgehead atoms. The van der Waals surface area contributed by atoms with E-state index in [1.807, 2.05) is 0 Å². The Balaban J connectivity index is 0.00000336. The van der Waals surface area contributed by atoms with Crippen LogP contribution in [0.15, 0.2) is 60.2 Å². The maximum absolute atomic E-state index is 14.1. The molecule has 0 aliphatic heterocycles. The number of ether oxygens (including phenoxy) is 1. The lowest BCUT2D eigenvalue weighted by atomic mass is 10.0. The van der Waals surface area contributed by atoms with Gasteiger partial charge in [-0.3, -0.25) is 9.36 Å². The first-order chi connectivity index (χ1) is 17.6. The van der Waals surface area contributed by atoms with Crippen molar-refractivity contribution in [2.45, 2.75) is 20.0 Å². The highest BCUT2D eigenvalue weighted by atomic mass is 35.5. The summed E-state index contributed by atoms with van der Waals surface area (Å²) in [6, 6.07) is 4.58. The normalized spacial score (nSPS) is 11.4. The maximum Gasteiger partial charge on any atom is 0.418 e. The Bertz CT molecular complexity index is 1720. The van der Waals surface area contributed by atoms with Crippen molar-refractivity contribution in [2.24, 2.45) is 0 Å². The van der Waals surface area contributed by atoms with Gasteiger partial charge >= 0.3 is 6.18 Å². The Morgan fingerprint density at radius 3 is 2.47 bits per heavy atom. The van der Waals surface area contributed by atoms with E-state index in [-0.39, 0.29) is 63.1 Å². The lowest BCUT2D eigenvalue weighted by Gasteiger charge is -2.18. The molecule has 1 aromatic carbocycles. The topological polar surface area (TPSA) is 85.7 Å². The van der Waals surface area contributed by atoms with Crippen molar-refractivity contribution in [1.29, 1.82) is 0 Å². The second kappa shape index (κ2) is 9.86. The van der Waals surface area contributed by atoms with Crippen LogP contribution in [0.2, 0.25) is 0 Å². The Morgan fingerprint density at radius 1 is 1.03 bits per heavy atom. The molecule has 38 heavy (non-hydrogen) atoms. The van der Waals surface area contributed by atoms with Crippen molar-refractivity contribution < 1.29 is 26.7 Å². The summed E-state index contributed by atoms with van der Waals surface area (Å²) in [5, 5.41) is 0.181. The third kappa shape index (κ3) is 4.58. The van der Waals surface area contributed by atoms with Gasteiger partial charge in [0.05, 0.1) is 27.7 Å². The van der Waals surface area contributed by atoms with E-state index in [1.165, 1.54) is 43.2 Å². The van der Waals surface area contributed by atoms with Crippen molar-refractivity contribution in [2.75, 3.05) is 0 Å². The van der Waals surface area contributed by atoms with Crippen molar-refractivity contribution >= 4 is 23.3 Å². The van der Waals surface area contributed by atoms with Gasteiger partial charge in [0, 0.05) is 36.4 Å². The first-order valence-corrected chi connectivity index (χ1v) is 10.8. The highest BCUT2D eigenvalue weighted by molar-refractivity contribution is 5.88. The fraction of sp³-hybridized carbons (Fsp3) is 0.120. The molecule has 0 saturated carbocycles. The number of aromatic amines is 1. The molecular formula is C25H17ClF5N5O2. The van der Waals surface area contributed by atoms with E-state index in [0.717, 1.165) is 18.2 Å². The number of imidazole rings is 1. The minimum Gasteiger partial charge on any atom is -0.438 e. The average Bonchev–Trinajstić information content (AvgIpc) is 3.38. The quantitative estimate of drug-likeness (QED) is 0.266. The Hall–Kier alpha value is -4.32. The number of H-pyrrole nitrogens is 1. The van der Waals surface area contributed by atoms with E-state index >= 15 is 0 Å². The SMILES string of the molecule is Cc1c(Oc2ncc(C(F)(F)F)c(C)c2-c2cc(=O)c3c(-n4ccnc4)nccc3[nH]2)ccc(F)c1F.Cl. The molecule has 7 nitrogen and oxygen atoms in total. The lowest BCUT2D eigenvalue weighted by molar-refractivity contribution is -0.138. The van der Waals surface area contributed by atoms with Crippen LogP contribution in [-0.4, -0.2) is 24.5 Å². The third-order valence-electron chi connectivity index (χ3n) is 5.85. The van der Waals surface area contributed by atoms with E-state index in [4.69, 9.17) is 4.74 Å². The van der Waals surface area contributed by atoms with Crippen molar-refractivity contribution in [3.05, 3.63) is 93.9 Å². The summed E-state index contributed by atoms with van der Waals surface area (Å²) in [6.45, 7) is 2.46. The molecule has 1 N–H and O–H groups in total. The molecule has 0 radical (unpaired) electrons. The molecule has 4 heterocycles. The van der Waals surface area contributed by atoms with Crippen LogP contribution in [-0.2, 0) is 6.18 Å². The predicted octanol–water partition coefficient (Wildman–Crippen LogP) is 6.30. The minimum atomic E-state index is -4.75. The fourth-order valence-corrected chi connectivity index (χ4v) is 4.01. The molecule has 0 aliphatic rings. The number of aromatic nitrogens is 5. The number of fused-ring (bicyclic) bond motifs is 1. The Labute approximate surface area is 217 Å². The molecule has 0 atom stereocenters. The molecule has 0 aliphatic carbocycles. The molecule has 0 unspecified atom stereocenters. The number of alkyl halides is 3. The lowest BCUT2D eigenvalue weighted by Crippen LogP contribution is -2.12. The van der Waals surface area contributed by atoms with Crippen molar-refractivity contribution in [3.63, 3.8) is 0 Å². The molecule has 13 heteroatoms. The number of rotatable bonds is 4. The van der Waals surface area contributed by atoms with Gasteiger partial charge in [0.15, 0.2) is 22.9 Å². The van der Waals surface area contributed by atoms with Gasteiger partial charge < -0.3 is 9.72 Å². The van der Waals surface area contributed by atoms with Gasteiger partial charge in [0.25, 0.3) is 0 Å². The number of hydrogen-bond acceptors (Lipinski definition) is 5. The van der Waals surface area contributed by atoms with Crippen LogP contribution in [0.25, 0.3) is 28.0 Å². The third-order valence-corrected chi connectivity index (χ3v) is 5.85. The summed E-state index contributed by atoms with van der Waals surface area (Å²) in [6.07, 6.45) is 1.81. The van der Waals surface area contributed by atoms with Crippen molar-refractivity contribution in [1.82, 2.24) is 24.5 Å². The number of nitrogens with zero attached hydrogens (tertiary/aromatic N) is 4. The van der Waals surface area contributed by atoms with E-state index < -0.39 is 28.8 Å². The van der Waals surface area contributed by atoms with Crippen LogP contribution in [0, 0.1) is 25.5 Å². The molecule has 0 amide bonds. The zero-order valence-corrected chi connectivity index (χ0v) is 20.4. The summed E-state index contributed by atoms with van der Waals surface area (Å²) >= 11 is 0. The zero-order valence-electron chi connectivity index (χ0n) is 19.6. The van der Waals surface area contributed by atoms with Gasteiger partial charge in [-0.2, -0.15) is 13.2 Å². The summed E-state index contributed by atoms with van der Waals surface area (Å²) in [5.74, 6) is -2.49. The van der Waals surface area contributed by atoms with Crippen LogP contribution in [0.4, 0.5) is 22.0 Å². The maximum atomic E-state index is 14.1. The van der Waals surface area contributed by atoms with Gasteiger partial charge in [0.1, 0.15) is 12.1 Å². The molecule has 196 valence electrons. The second-order valence-corrected chi connectivity index (χ2v) is 8.14. The molecule has 4 aromatic heterocycles. The highest BCUT2D eigenvalue weighted by Crippen LogP contribution is 2.41. The van der Waals surface area contributed by atoms with Crippen LogP contribution in [0.1, 0.15) is 16.7 Å². The van der Waals surface area contributed by atoms with Gasteiger partial charge in [0.2, 0.25) is 5.88 Å². The number of pyridine rings is 3. The molecule has 0 saturated heterocycles. The Morgan fingerprint density at radius 2 is 1.79 bits per heavy atom. The van der Waals surface area contributed by atoms with E-state index in [9.17, 15) is 26.7 Å². The summed E-state index contributed by atoms with van der Waals surface area (Å²) in [7, 11) is 0. The molecule has 0 spiro atoms. The average molecular weight is 550 g/mol. The number of benzene rings is 1. The standard InChI is InChI=1S/C25H16F5N5O2.ClH/c1-12-14(25(28,29)30)10-33-24(37-19-4-3-15(26)22(27)13(19)2)20(12)17-9-18(36)21-16(34-17)5-6-32-23(21)35-8-7-31-11-35;/h3-11H,1-2H3,(H,34,36);1H. The molecule has 0 fully saturated rings. The predicted molar refractivity (Wildman–Crippen MR) is 131 cm³/mol. The zero-order chi connectivity index (χ0) is 26.5. The second-order valence-electron chi connectivity index (χ2n) is 8.14. The summed E-state index contributed by atoms with van der Waals surface area (Å²) in [4.78, 5) is 28.2. The first kappa shape index (κ1) is 26.7.